The van der Waals surface area contributed by atoms with Gasteiger partial charge in [-0.25, -0.2) is 0 Å². The second kappa shape index (κ2) is 7.46. The van der Waals surface area contributed by atoms with Crippen molar-refractivity contribution in [3.63, 3.8) is 0 Å². The summed E-state index contributed by atoms with van der Waals surface area (Å²) in [6.07, 6.45) is 6.54. The lowest BCUT2D eigenvalue weighted by Crippen LogP contribution is -2.38. The largest absolute Gasteiger partial charge is 0.409 e. The van der Waals surface area contributed by atoms with Crippen LogP contribution in [0.5, 0.6) is 0 Å². The van der Waals surface area contributed by atoms with Crippen LogP contribution in [0.3, 0.4) is 0 Å². The van der Waals surface area contributed by atoms with Gasteiger partial charge in [-0.2, -0.15) is 0 Å². The molecule has 1 aliphatic rings. The van der Waals surface area contributed by atoms with Crippen molar-refractivity contribution in [1.29, 1.82) is 0 Å². The molecule has 1 aromatic carbocycles. The molecule has 3 N–H and O–H groups in total. The van der Waals surface area contributed by atoms with Crippen molar-refractivity contribution >= 4 is 5.84 Å². The second-order valence-electron chi connectivity index (χ2n) is 6.04. The topological polar surface area (TPSA) is 61.8 Å². The third-order valence-corrected chi connectivity index (χ3v) is 4.49. The summed E-state index contributed by atoms with van der Waals surface area (Å²) in [5, 5.41) is 11.8. The van der Waals surface area contributed by atoms with Crippen LogP contribution in [-0.4, -0.2) is 28.5 Å². The Balaban J connectivity index is 2.11. The van der Waals surface area contributed by atoms with Gasteiger partial charge in [0.25, 0.3) is 0 Å². The van der Waals surface area contributed by atoms with Crippen LogP contribution in [0.25, 0.3) is 0 Å². The summed E-state index contributed by atoms with van der Waals surface area (Å²) in [7, 11) is 0. The smallest absolute Gasteiger partial charge is 0.170 e. The lowest BCUT2D eigenvalue weighted by Gasteiger charge is -2.36. The lowest BCUT2D eigenvalue weighted by molar-refractivity contribution is 0.131. The van der Waals surface area contributed by atoms with Crippen LogP contribution in [0.4, 0.5) is 0 Å². The minimum absolute atomic E-state index is 0.173. The standard InChI is InChI=1S/C17H27N3O/c1-3-6-16-7-4-5-10-20(16)12-15-9-8-14(11-13(15)2)17(18)19-21/h8-9,11,16,21H,3-7,10,12H2,1-2H3,(H2,18,19). The van der Waals surface area contributed by atoms with Crippen molar-refractivity contribution in [3.05, 3.63) is 34.9 Å². The van der Waals surface area contributed by atoms with Gasteiger partial charge in [-0.05, 0) is 49.9 Å². The van der Waals surface area contributed by atoms with Gasteiger partial charge < -0.3 is 10.9 Å². The van der Waals surface area contributed by atoms with Crippen molar-refractivity contribution in [2.75, 3.05) is 6.54 Å². The fourth-order valence-electron chi connectivity index (χ4n) is 3.24. The average Bonchev–Trinajstić information content (AvgIpc) is 2.50. The number of aryl methyl sites for hydroxylation is 1. The van der Waals surface area contributed by atoms with E-state index in [-0.39, 0.29) is 5.84 Å². The molecule has 0 spiro atoms. The van der Waals surface area contributed by atoms with Gasteiger partial charge in [0.05, 0.1) is 0 Å². The fourth-order valence-corrected chi connectivity index (χ4v) is 3.24. The summed E-state index contributed by atoms with van der Waals surface area (Å²) in [6, 6.07) is 6.78. The Morgan fingerprint density at radius 2 is 2.24 bits per heavy atom. The Labute approximate surface area is 127 Å². The van der Waals surface area contributed by atoms with E-state index in [0.29, 0.717) is 0 Å². The monoisotopic (exact) mass is 289 g/mol. The highest BCUT2D eigenvalue weighted by molar-refractivity contribution is 5.97. The summed E-state index contributed by atoms with van der Waals surface area (Å²) in [5.41, 5.74) is 8.98. The predicted octanol–water partition coefficient (Wildman–Crippen LogP) is 3.24. The van der Waals surface area contributed by atoms with Gasteiger partial charge in [-0.15, -0.1) is 0 Å². The number of benzene rings is 1. The molecule has 1 unspecified atom stereocenters. The predicted molar refractivity (Wildman–Crippen MR) is 86.6 cm³/mol. The quantitative estimate of drug-likeness (QED) is 0.378. The highest BCUT2D eigenvalue weighted by atomic mass is 16.4. The molecule has 0 aliphatic carbocycles. The molecule has 1 atom stereocenters. The molecule has 21 heavy (non-hydrogen) atoms. The van der Waals surface area contributed by atoms with E-state index in [0.717, 1.165) is 18.2 Å². The highest BCUT2D eigenvalue weighted by Crippen LogP contribution is 2.24. The molecule has 4 heteroatoms. The first-order valence-electron chi connectivity index (χ1n) is 7.97. The molecule has 2 rings (SSSR count). The van der Waals surface area contributed by atoms with Crippen LogP contribution in [0, 0.1) is 6.92 Å². The molecule has 4 nitrogen and oxygen atoms in total. The minimum atomic E-state index is 0.173. The molecule has 1 aromatic rings. The number of amidine groups is 1. The van der Waals surface area contributed by atoms with E-state index in [1.165, 1.54) is 49.8 Å². The Morgan fingerprint density at radius 1 is 1.43 bits per heavy atom. The van der Waals surface area contributed by atoms with Crippen LogP contribution in [-0.2, 0) is 6.54 Å². The molecule has 0 radical (unpaired) electrons. The first kappa shape index (κ1) is 15.8. The number of piperidine rings is 1. The Kier molecular flexibility index (Phi) is 5.62. The van der Waals surface area contributed by atoms with Gasteiger partial charge in [0.2, 0.25) is 0 Å². The average molecular weight is 289 g/mol. The first-order chi connectivity index (χ1) is 10.2. The molecule has 0 amide bonds. The van der Waals surface area contributed by atoms with Crippen LogP contribution in [0.15, 0.2) is 23.4 Å². The van der Waals surface area contributed by atoms with Crippen molar-refractivity contribution in [2.24, 2.45) is 10.9 Å². The maximum absolute atomic E-state index is 8.76. The maximum atomic E-state index is 8.76. The zero-order valence-electron chi connectivity index (χ0n) is 13.2. The molecule has 1 fully saturated rings. The Morgan fingerprint density at radius 3 is 2.90 bits per heavy atom. The fraction of sp³-hybridized carbons (Fsp3) is 0.588. The Hall–Kier alpha value is -1.55. The molecular formula is C17H27N3O. The normalized spacial score (nSPS) is 20.7. The number of likely N-dealkylation sites (tertiary alicyclic amines) is 1. The van der Waals surface area contributed by atoms with Gasteiger partial charge in [-0.1, -0.05) is 37.1 Å². The zero-order chi connectivity index (χ0) is 15.2. The number of oxime groups is 1. The van der Waals surface area contributed by atoms with Gasteiger partial charge in [0.1, 0.15) is 0 Å². The van der Waals surface area contributed by atoms with Crippen LogP contribution < -0.4 is 5.73 Å². The van der Waals surface area contributed by atoms with Crippen LogP contribution in [0.1, 0.15) is 55.7 Å². The summed E-state index contributed by atoms with van der Waals surface area (Å²) >= 11 is 0. The molecule has 0 saturated carbocycles. The zero-order valence-corrected chi connectivity index (χ0v) is 13.2. The molecule has 0 bridgehead atoms. The number of nitrogens with zero attached hydrogens (tertiary/aromatic N) is 2. The molecule has 1 aliphatic heterocycles. The highest BCUT2D eigenvalue weighted by Gasteiger charge is 2.22. The van der Waals surface area contributed by atoms with E-state index in [4.69, 9.17) is 10.9 Å². The Bertz CT molecular complexity index is 497. The second-order valence-corrected chi connectivity index (χ2v) is 6.04. The van der Waals surface area contributed by atoms with Crippen LogP contribution >= 0.6 is 0 Å². The summed E-state index contributed by atoms with van der Waals surface area (Å²) < 4.78 is 0. The molecular weight excluding hydrogens is 262 g/mol. The van der Waals surface area contributed by atoms with E-state index in [9.17, 15) is 0 Å². The number of nitrogens with two attached hydrogens (primary N) is 1. The van der Waals surface area contributed by atoms with E-state index in [1.807, 2.05) is 12.1 Å². The van der Waals surface area contributed by atoms with Crippen molar-refractivity contribution in [3.8, 4) is 0 Å². The van der Waals surface area contributed by atoms with Crippen LogP contribution in [0.2, 0.25) is 0 Å². The van der Waals surface area contributed by atoms with Gasteiger partial charge in [-0.3, -0.25) is 4.90 Å². The van der Waals surface area contributed by atoms with Crippen molar-refractivity contribution in [1.82, 2.24) is 4.90 Å². The minimum Gasteiger partial charge on any atom is -0.409 e. The molecule has 1 saturated heterocycles. The third kappa shape index (κ3) is 3.97. The molecule has 0 aromatic heterocycles. The van der Waals surface area contributed by atoms with Crippen molar-refractivity contribution < 1.29 is 5.21 Å². The van der Waals surface area contributed by atoms with Gasteiger partial charge in [0.15, 0.2) is 5.84 Å². The van der Waals surface area contributed by atoms with E-state index in [1.54, 1.807) is 0 Å². The number of rotatable bonds is 5. The lowest BCUT2D eigenvalue weighted by atomic mass is 9.96. The van der Waals surface area contributed by atoms with Crippen molar-refractivity contribution in [2.45, 2.75) is 58.5 Å². The maximum Gasteiger partial charge on any atom is 0.170 e. The van der Waals surface area contributed by atoms with E-state index >= 15 is 0 Å². The first-order valence-corrected chi connectivity index (χ1v) is 7.97. The van der Waals surface area contributed by atoms with E-state index in [2.05, 4.69) is 30.0 Å². The number of hydrogen-bond donors (Lipinski definition) is 2. The van der Waals surface area contributed by atoms with Gasteiger partial charge >= 0.3 is 0 Å². The summed E-state index contributed by atoms with van der Waals surface area (Å²) in [5.74, 6) is 0.173. The SMILES string of the molecule is CCCC1CCCCN1Cc1ccc(/C(N)=N/O)cc1C. The third-order valence-electron chi connectivity index (χ3n) is 4.49. The summed E-state index contributed by atoms with van der Waals surface area (Å²) in [6.45, 7) is 6.57. The van der Waals surface area contributed by atoms with E-state index < -0.39 is 0 Å². The molecule has 1 heterocycles. The van der Waals surface area contributed by atoms with Gasteiger partial charge in [0, 0.05) is 18.2 Å². The summed E-state index contributed by atoms with van der Waals surface area (Å²) in [4.78, 5) is 2.62. The number of hydrogen-bond acceptors (Lipinski definition) is 3. The molecule has 116 valence electrons.